The minimum Gasteiger partial charge on any atom is -0.471 e. The second kappa shape index (κ2) is 5.87. The molecule has 0 N–H and O–H groups in total. The van der Waals surface area contributed by atoms with E-state index >= 15 is 0 Å². The molecule has 0 amide bonds. The Balaban J connectivity index is 1.46. The number of ether oxygens (including phenoxy) is 1. The minimum absolute atomic E-state index is 0.183. The van der Waals surface area contributed by atoms with Crippen LogP contribution < -0.4 is 4.74 Å². The summed E-state index contributed by atoms with van der Waals surface area (Å²) in [5.74, 6) is -1.35. The molecule has 4 rings (SSSR count). The van der Waals surface area contributed by atoms with Gasteiger partial charge >= 0.3 is 12.1 Å². The number of pyridine rings is 1. The molecule has 0 saturated heterocycles. The van der Waals surface area contributed by atoms with Gasteiger partial charge < -0.3 is 9.26 Å². The molecule has 3 aromatic heterocycles. The highest BCUT2D eigenvalue weighted by atomic mass is 19.4. The second-order valence-electron chi connectivity index (χ2n) is 5.61. The fourth-order valence-electron chi connectivity index (χ4n) is 2.23. The summed E-state index contributed by atoms with van der Waals surface area (Å²) in [6.45, 7) is 0.205. The molecule has 1 aliphatic rings. The van der Waals surface area contributed by atoms with Gasteiger partial charge in [-0.3, -0.25) is 4.68 Å². The van der Waals surface area contributed by atoms with Gasteiger partial charge in [0.1, 0.15) is 6.61 Å². The highest BCUT2D eigenvalue weighted by Gasteiger charge is 2.38. The fourth-order valence-corrected chi connectivity index (χ4v) is 2.23. The zero-order chi connectivity index (χ0) is 17.4. The molecule has 10 heteroatoms. The number of rotatable bonds is 5. The number of aromatic nitrogens is 5. The Morgan fingerprint density at radius 3 is 2.84 bits per heavy atom. The summed E-state index contributed by atoms with van der Waals surface area (Å²) in [5.41, 5.74) is 1.06. The van der Waals surface area contributed by atoms with Crippen LogP contribution in [-0.4, -0.2) is 24.9 Å². The summed E-state index contributed by atoms with van der Waals surface area (Å²) in [7, 11) is 0. The zero-order valence-corrected chi connectivity index (χ0v) is 12.8. The van der Waals surface area contributed by atoms with Crippen molar-refractivity contribution in [3.05, 3.63) is 42.2 Å². The van der Waals surface area contributed by atoms with Crippen molar-refractivity contribution in [2.45, 2.75) is 31.7 Å². The van der Waals surface area contributed by atoms with Gasteiger partial charge in [0.2, 0.25) is 11.7 Å². The van der Waals surface area contributed by atoms with E-state index in [9.17, 15) is 13.2 Å². The molecule has 1 saturated carbocycles. The van der Waals surface area contributed by atoms with Crippen molar-refractivity contribution in [1.29, 1.82) is 0 Å². The molecule has 0 bridgehead atoms. The maximum Gasteiger partial charge on any atom is 0.471 e. The number of alkyl halides is 3. The van der Waals surface area contributed by atoms with Gasteiger partial charge in [0.05, 0.1) is 11.7 Å². The Kier molecular flexibility index (Phi) is 3.66. The van der Waals surface area contributed by atoms with Gasteiger partial charge in [0.25, 0.3) is 0 Å². The molecule has 7 nitrogen and oxygen atoms in total. The lowest BCUT2D eigenvalue weighted by molar-refractivity contribution is -0.159. The van der Waals surface area contributed by atoms with E-state index < -0.39 is 12.1 Å². The molecule has 0 radical (unpaired) electrons. The molecule has 3 heterocycles. The first-order valence-corrected chi connectivity index (χ1v) is 7.53. The summed E-state index contributed by atoms with van der Waals surface area (Å²) in [6, 6.07) is 5.26. The molecule has 0 atom stereocenters. The first-order chi connectivity index (χ1) is 12.0. The third kappa shape index (κ3) is 3.47. The zero-order valence-electron chi connectivity index (χ0n) is 12.8. The van der Waals surface area contributed by atoms with Crippen LogP contribution in [0.1, 0.15) is 30.5 Å². The first kappa shape index (κ1) is 15.6. The van der Waals surface area contributed by atoms with Gasteiger partial charge in [-0.25, -0.2) is 4.98 Å². The normalized spacial score (nSPS) is 14.7. The third-order valence-corrected chi connectivity index (χ3v) is 3.61. The van der Waals surface area contributed by atoms with Gasteiger partial charge in [-0.15, -0.1) is 0 Å². The first-order valence-electron chi connectivity index (χ1n) is 7.53. The summed E-state index contributed by atoms with van der Waals surface area (Å²) in [6.07, 6.45) is 0.889. The largest absolute Gasteiger partial charge is 0.471 e. The van der Waals surface area contributed by atoms with E-state index in [0.29, 0.717) is 11.6 Å². The summed E-state index contributed by atoms with van der Waals surface area (Å²) in [5, 5.41) is 7.73. The second-order valence-corrected chi connectivity index (χ2v) is 5.61. The molecular weight excluding hydrogens is 339 g/mol. The number of hydrogen-bond donors (Lipinski definition) is 0. The quantitative estimate of drug-likeness (QED) is 0.702. The van der Waals surface area contributed by atoms with Crippen LogP contribution in [0, 0.1) is 0 Å². The molecule has 1 aliphatic carbocycles. The van der Waals surface area contributed by atoms with E-state index in [2.05, 4.69) is 24.7 Å². The average Bonchev–Trinajstić information content (AvgIpc) is 3.12. The van der Waals surface area contributed by atoms with E-state index in [1.54, 1.807) is 0 Å². The Hall–Kier alpha value is -2.91. The van der Waals surface area contributed by atoms with Crippen molar-refractivity contribution in [3.63, 3.8) is 0 Å². The lowest BCUT2D eigenvalue weighted by atomic mass is 10.2. The monoisotopic (exact) mass is 351 g/mol. The fraction of sp³-hybridized carbons (Fsp3) is 0.333. The number of nitrogens with zero attached hydrogens (tertiary/aromatic N) is 5. The van der Waals surface area contributed by atoms with Crippen molar-refractivity contribution in [1.82, 2.24) is 24.9 Å². The standard InChI is InChI=1S/C15H12F3N5O2/c16-15(17,18)14-20-13(22-25-14)9-3-5-19-12(7-9)24-8-10-4-6-23(21-10)11-1-2-11/h3-7,11H,1-2,8H2. The molecule has 0 spiro atoms. The van der Waals surface area contributed by atoms with Crippen LogP contribution in [0.4, 0.5) is 13.2 Å². The Morgan fingerprint density at radius 1 is 1.28 bits per heavy atom. The van der Waals surface area contributed by atoms with Crippen LogP contribution >= 0.6 is 0 Å². The van der Waals surface area contributed by atoms with Crippen LogP contribution in [0.25, 0.3) is 11.4 Å². The van der Waals surface area contributed by atoms with E-state index in [1.807, 2.05) is 16.9 Å². The molecule has 0 aromatic carbocycles. The van der Waals surface area contributed by atoms with E-state index in [4.69, 9.17) is 4.74 Å². The van der Waals surface area contributed by atoms with Crippen molar-refractivity contribution in [2.24, 2.45) is 0 Å². The topological polar surface area (TPSA) is 78.9 Å². The summed E-state index contributed by atoms with van der Waals surface area (Å²) in [4.78, 5) is 7.36. The lowest BCUT2D eigenvalue weighted by Gasteiger charge is -2.04. The number of hydrogen-bond acceptors (Lipinski definition) is 6. The van der Waals surface area contributed by atoms with Gasteiger partial charge in [-0.2, -0.15) is 23.3 Å². The van der Waals surface area contributed by atoms with Crippen molar-refractivity contribution < 1.29 is 22.4 Å². The highest BCUT2D eigenvalue weighted by molar-refractivity contribution is 5.55. The molecular formula is C15H12F3N5O2. The lowest BCUT2D eigenvalue weighted by Crippen LogP contribution is -2.04. The summed E-state index contributed by atoms with van der Waals surface area (Å²) >= 11 is 0. The third-order valence-electron chi connectivity index (χ3n) is 3.61. The van der Waals surface area contributed by atoms with Crippen LogP contribution in [0.2, 0.25) is 0 Å². The summed E-state index contributed by atoms with van der Waals surface area (Å²) < 4.78 is 49.3. The van der Waals surface area contributed by atoms with Crippen LogP contribution in [0.3, 0.4) is 0 Å². The molecule has 0 unspecified atom stereocenters. The van der Waals surface area contributed by atoms with Gasteiger partial charge in [0.15, 0.2) is 0 Å². The van der Waals surface area contributed by atoms with Gasteiger partial charge in [0, 0.05) is 24.0 Å². The van der Waals surface area contributed by atoms with Crippen LogP contribution in [0.15, 0.2) is 35.1 Å². The van der Waals surface area contributed by atoms with E-state index in [-0.39, 0.29) is 18.3 Å². The van der Waals surface area contributed by atoms with Gasteiger partial charge in [-0.05, 0) is 25.0 Å². The highest BCUT2D eigenvalue weighted by Crippen LogP contribution is 2.34. The maximum atomic E-state index is 12.5. The van der Waals surface area contributed by atoms with Gasteiger partial charge in [-0.1, -0.05) is 5.16 Å². The van der Waals surface area contributed by atoms with E-state index in [1.165, 1.54) is 18.3 Å². The molecule has 25 heavy (non-hydrogen) atoms. The Morgan fingerprint density at radius 2 is 2.12 bits per heavy atom. The molecule has 130 valence electrons. The van der Waals surface area contributed by atoms with Crippen molar-refractivity contribution in [3.8, 4) is 17.3 Å². The maximum absolute atomic E-state index is 12.5. The number of halogens is 3. The smallest absolute Gasteiger partial charge is 0.471 e. The predicted octanol–water partition coefficient (Wildman–Crippen LogP) is 3.26. The minimum atomic E-state index is -4.68. The Labute approximate surface area is 139 Å². The SMILES string of the molecule is FC(F)(F)c1nc(-c2ccnc(OCc3ccn(C4CC4)n3)c2)no1. The average molecular weight is 351 g/mol. The molecule has 1 fully saturated rings. The van der Waals surface area contributed by atoms with Crippen molar-refractivity contribution >= 4 is 0 Å². The molecule has 0 aliphatic heterocycles. The van der Waals surface area contributed by atoms with E-state index in [0.717, 1.165) is 18.5 Å². The molecule has 3 aromatic rings. The van der Waals surface area contributed by atoms with Crippen LogP contribution in [-0.2, 0) is 12.8 Å². The van der Waals surface area contributed by atoms with Crippen LogP contribution in [0.5, 0.6) is 5.88 Å². The van der Waals surface area contributed by atoms with Crippen molar-refractivity contribution in [2.75, 3.05) is 0 Å². The predicted molar refractivity (Wildman–Crippen MR) is 77.4 cm³/mol. The Bertz CT molecular complexity index is 885.